The predicted octanol–water partition coefficient (Wildman–Crippen LogP) is 13.5. The normalized spacial score (nSPS) is 17.0. The van der Waals surface area contributed by atoms with Gasteiger partial charge in [0.15, 0.2) is 0 Å². The van der Waals surface area contributed by atoms with Gasteiger partial charge in [-0.05, 0) is 0 Å². The van der Waals surface area contributed by atoms with E-state index < -0.39 is 21.3 Å². The Labute approximate surface area is 338 Å². The van der Waals surface area contributed by atoms with Gasteiger partial charge in [-0.3, -0.25) is 0 Å². The Morgan fingerprint density at radius 1 is 0.393 bits per heavy atom. The molecule has 0 nitrogen and oxygen atoms in total. The Morgan fingerprint density at radius 2 is 0.750 bits per heavy atom. The molecule has 2 aliphatic rings. The maximum absolute atomic E-state index is 9.24. The molecule has 0 fully saturated rings. The molecule has 0 spiro atoms. The van der Waals surface area contributed by atoms with Crippen LogP contribution in [0.15, 0.2) is 193 Å². The van der Waals surface area contributed by atoms with Crippen LogP contribution >= 0.6 is 17.2 Å². The summed E-state index contributed by atoms with van der Waals surface area (Å²) in [5.41, 5.74) is 12.6. The first-order valence-corrected chi connectivity index (χ1v) is 40.6. The summed E-state index contributed by atoms with van der Waals surface area (Å²) in [5, 5.41) is 7.62. The molecule has 0 aliphatic heterocycles. The molecule has 0 amide bonds. The number of fused-ring (bicyclic) bond motifs is 4. The Hall–Kier alpha value is -4.57. The van der Waals surface area contributed by atoms with E-state index in [-0.39, 0.29) is 7.35 Å². The molecule has 4 heteroatoms. The molecule has 2 aliphatic carbocycles. The minimum atomic E-state index is -5.65. The van der Waals surface area contributed by atoms with Crippen molar-refractivity contribution in [2.45, 2.75) is 21.2 Å². The molecule has 56 heavy (non-hydrogen) atoms. The number of halogens is 2. The first-order valence-electron chi connectivity index (χ1n) is 19.6. The van der Waals surface area contributed by atoms with E-state index in [4.69, 9.17) is 0 Å². The predicted molar refractivity (Wildman–Crippen MR) is 243 cm³/mol. The standard InChI is InChI=1S/2C20H15.C12H11Si.2ClH.Hf/c2*1-14-12-16-8-5-11-19(20(16)13-14)18-10-4-7-15-6-2-3-9-17(15)18;1-3-7-11(8-4-1)13-12-9-5-2-6-10-12;;;/h2*2-13H,1H3;1-10,13H;2*1H;/q;;;;;+2/p-2. The summed E-state index contributed by atoms with van der Waals surface area (Å²) in [6, 6.07) is 66.6. The van der Waals surface area contributed by atoms with Crippen LogP contribution < -0.4 is 10.4 Å². The van der Waals surface area contributed by atoms with Gasteiger partial charge < -0.3 is 0 Å². The van der Waals surface area contributed by atoms with Crippen LogP contribution in [0.3, 0.4) is 0 Å². The van der Waals surface area contributed by atoms with Crippen molar-refractivity contribution < 1.29 is 15.3 Å². The van der Waals surface area contributed by atoms with Gasteiger partial charge in [-0.1, -0.05) is 0 Å². The number of benzene rings is 8. The zero-order valence-corrected chi connectivity index (χ0v) is 37.7. The van der Waals surface area contributed by atoms with E-state index in [2.05, 4.69) is 208 Å². The average molecular weight is 943 g/mol. The fraction of sp³-hybridized carbons (Fsp3) is 0.0769. The summed E-state index contributed by atoms with van der Waals surface area (Å²) >= 11 is -5.65. The van der Waals surface area contributed by atoms with Crippen molar-refractivity contribution in [3.63, 3.8) is 0 Å². The van der Waals surface area contributed by atoms with Crippen LogP contribution in [0.1, 0.15) is 43.5 Å². The molecular formula is C52H41Cl2HfSi. The molecule has 10 rings (SSSR count). The minimum absolute atomic E-state index is 0.0853. The van der Waals surface area contributed by atoms with Crippen molar-refractivity contribution in [2.24, 2.45) is 0 Å². The molecule has 0 saturated carbocycles. The molecular weight excluding hydrogens is 902 g/mol. The van der Waals surface area contributed by atoms with E-state index >= 15 is 0 Å². The van der Waals surface area contributed by atoms with Gasteiger partial charge in [0.2, 0.25) is 0 Å². The van der Waals surface area contributed by atoms with Crippen LogP contribution in [0.2, 0.25) is 0 Å². The molecule has 0 radical (unpaired) electrons. The second kappa shape index (κ2) is 13.8. The Bertz CT molecular complexity index is 2690. The van der Waals surface area contributed by atoms with E-state index in [1.54, 1.807) is 0 Å². The third-order valence-corrected chi connectivity index (χ3v) is 71.7. The van der Waals surface area contributed by atoms with Gasteiger partial charge in [0.1, 0.15) is 0 Å². The van der Waals surface area contributed by atoms with Crippen LogP contribution in [0.4, 0.5) is 0 Å². The van der Waals surface area contributed by atoms with Crippen LogP contribution in [0, 0.1) is 0 Å². The summed E-state index contributed by atoms with van der Waals surface area (Å²) in [4.78, 5) is 0. The molecule has 0 aromatic heterocycles. The summed E-state index contributed by atoms with van der Waals surface area (Å²) < 4.78 is -0.171. The SMILES string of the molecule is CC1=Cc2c(-c3cccc4ccccc34)cccc2[CH]1[Hf]([Cl])([Cl])([CH]1C(C)=Cc2c(-c3cccc4ccccc34)cccc21)[SiH](c1ccccc1)c1ccccc1. The molecule has 0 bridgehead atoms. The van der Waals surface area contributed by atoms with Gasteiger partial charge in [0.25, 0.3) is 0 Å². The van der Waals surface area contributed by atoms with Crippen LogP contribution in [0.25, 0.3) is 56.0 Å². The van der Waals surface area contributed by atoms with E-state index in [1.165, 1.54) is 87.6 Å². The molecule has 2 atom stereocenters. The van der Waals surface area contributed by atoms with Gasteiger partial charge in [0, 0.05) is 0 Å². The number of rotatable bonds is 7. The summed E-state index contributed by atoms with van der Waals surface area (Å²) in [5.74, 6) is -2.39. The monoisotopic (exact) mass is 943 g/mol. The summed E-state index contributed by atoms with van der Waals surface area (Å²) in [6.07, 6.45) is 4.86. The third-order valence-electron chi connectivity index (χ3n) is 12.6. The Morgan fingerprint density at radius 3 is 1.20 bits per heavy atom. The molecule has 2 unspecified atom stereocenters. The molecule has 0 heterocycles. The van der Waals surface area contributed by atoms with Gasteiger partial charge >= 0.3 is 341 Å². The topological polar surface area (TPSA) is 0 Å². The second-order valence-corrected chi connectivity index (χ2v) is 68.7. The Kier molecular flexibility index (Phi) is 8.84. The zero-order chi connectivity index (χ0) is 38.0. The van der Waals surface area contributed by atoms with Crippen LogP contribution in [-0.2, 0) is 15.3 Å². The van der Waals surface area contributed by atoms with Gasteiger partial charge in [-0.2, -0.15) is 0 Å². The first kappa shape index (κ1) is 35.8. The molecule has 8 aromatic carbocycles. The number of hydrogen-bond donors (Lipinski definition) is 0. The van der Waals surface area contributed by atoms with E-state index in [1.807, 2.05) is 0 Å². The number of allylic oxidation sites excluding steroid dienone is 2. The van der Waals surface area contributed by atoms with Gasteiger partial charge in [-0.25, -0.2) is 0 Å². The van der Waals surface area contributed by atoms with E-state index in [9.17, 15) is 17.2 Å². The summed E-state index contributed by atoms with van der Waals surface area (Å²) in [7, 11) is 18.5. The quantitative estimate of drug-likeness (QED) is 0.140. The molecule has 271 valence electrons. The van der Waals surface area contributed by atoms with E-state index in [0.29, 0.717) is 0 Å². The summed E-state index contributed by atoms with van der Waals surface area (Å²) in [6.45, 7) is 4.61. The number of hydrogen-bond acceptors (Lipinski definition) is 0. The van der Waals surface area contributed by atoms with Crippen molar-refractivity contribution in [1.29, 1.82) is 0 Å². The first-order chi connectivity index (χ1) is 27.3. The third kappa shape index (κ3) is 5.48. The fourth-order valence-corrected chi connectivity index (χ4v) is 82.4. The maximum atomic E-state index is 9.24. The van der Waals surface area contributed by atoms with Crippen LogP contribution in [-0.4, -0.2) is 5.98 Å². The average Bonchev–Trinajstić information content (AvgIpc) is 3.78. The molecule has 8 aromatic rings. The zero-order valence-electron chi connectivity index (χ0n) is 31.5. The van der Waals surface area contributed by atoms with Gasteiger partial charge in [-0.15, -0.1) is 0 Å². The fourth-order valence-electron chi connectivity index (χ4n) is 10.6. The van der Waals surface area contributed by atoms with Gasteiger partial charge in [0.05, 0.1) is 0 Å². The van der Waals surface area contributed by atoms with Crippen molar-refractivity contribution in [1.82, 2.24) is 0 Å². The van der Waals surface area contributed by atoms with Crippen LogP contribution in [0.5, 0.6) is 0 Å². The molecule has 0 N–H and O–H groups in total. The Balaban J connectivity index is 1.26. The van der Waals surface area contributed by atoms with E-state index in [0.717, 1.165) is 0 Å². The second-order valence-electron chi connectivity index (χ2n) is 15.8. The van der Waals surface area contributed by atoms with Crippen molar-refractivity contribution in [3.8, 4) is 22.3 Å². The molecule has 0 saturated heterocycles. The van der Waals surface area contributed by atoms with Crippen molar-refractivity contribution in [2.75, 3.05) is 0 Å². The van der Waals surface area contributed by atoms with Crippen molar-refractivity contribution >= 4 is 67.2 Å². The van der Waals surface area contributed by atoms with Crippen molar-refractivity contribution in [3.05, 3.63) is 215 Å².